The fraction of sp³-hybridized carbons (Fsp3) is 0.333. The van der Waals surface area contributed by atoms with Gasteiger partial charge in [0.1, 0.15) is 6.29 Å². The van der Waals surface area contributed by atoms with Gasteiger partial charge in [-0.05, 0) is 49.7 Å². The summed E-state index contributed by atoms with van der Waals surface area (Å²) in [6.07, 6.45) is 3.96. The van der Waals surface area contributed by atoms with Crippen LogP contribution in [0.5, 0.6) is 0 Å². The number of benzene rings is 1. The number of aldehydes is 1. The number of aromatic nitrogens is 1. The van der Waals surface area contributed by atoms with Gasteiger partial charge in [0.2, 0.25) is 0 Å². The van der Waals surface area contributed by atoms with Gasteiger partial charge in [-0.3, -0.25) is 9.59 Å². The van der Waals surface area contributed by atoms with Crippen LogP contribution in [0.3, 0.4) is 0 Å². The van der Waals surface area contributed by atoms with Crippen LogP contribution in [0.4, 0.5) is 0 Å². The summed E-state index contributed by atoms with van der Waals surface area (Å²) in [7, 11) is 2.09. The van der Waals surface area contributed by atoms with E-state index in [-0.39, 0.29) is 5.56 Å². The molecule has 0 spiro atoms. The molecule has 4 nitrogen and oxygen atoms in total. The van der Waals surface area contributed by atoms with Crippen LogP contribution in [-0.2, 0) is 6.54 Å². The third-order valence-electron chi connectivity index (χ3n) is 4.35. The van der Waals surface area contributed by atoms with E-state index in [2.05, 4.69) is 18.0 Å². The Labute approximate surface area is 129 Å². The fourth-order valence-corrected chi connectivity index (χ4v) is 3.08. The van der Waals surface area contributed by atoms with Gasteiger partial charge in [-0.1, -0.05) is 6.08 Å². The predicted molar refractivity (Wildman–Crippen MR) is 89.4 cm³/mol. The number of hydrogen-bond donors (Lipinski definition) is 0. The monoisotopic (exact) mass is 296 g/mol. The number of fused-ring (bicyclic) bond motifs is 1. The molecule has 1 aliphatic heterocycles. The van der Waals surface area contributed by atoms with Crippen molar-refractivity contribution in [1.29, 1.82) is 0 Å². The van der Waals surface area contributed by atoms with E-state index in [1.165, 1.54) is 5.57 Å². The van der Waals surface area contributed by atoms with E-state index in [9.17, 15) is 9.59 Å². The Hall–Kier alpha value is -2.20. The van der Waals surface area contributed by atoms with Crippen LogP contribution in [0.25, 0.3) is 16.5 Å². The van der Waals surface area contributed by atoms with Crippen LogP contribution >= 0.6 is 0 Å². The third kappa shape index (κ3) is 2.50. The van der Waals surface area contributed by atoms with Gasteiger partial charge in [0.15, 0.2) is 0 Å². The predicted octanol–water partition coefficient (Wildman–Crippen LogP) is 2.55. The summed E-state index contributed by atoms with van der Waals surface area (Å²) in [5.41, 5.74) is 3.73. The number of aryl methyl sites for hydroxylation is 1. The Bertz CT molecular complexity index is 818. The second kappa shape index (κ2) is 5.89. The molecular weight excluding hydrogens is 276 g/mol. The van der Waals surface area contributed by atoms with Crippen molar-refractivity contribution >= 4 is 22.8 Å². The summed E-state index contributed by atoms with van der Waals surface area (Å²) >= 11 is 0. The molecular formula is C18H20N2O2. The number of hydrogen-bond acceptors (Lipinski definition) is 3. The van der Waals surface area contributed by atoms with Crippen LogP contribution in [-0.4, -0.2) is 35.9 Å². The Morgan fingerprint density at radius 2 is 2.09 bits per heavy atom. The fourth-order valence-electron chi connectivity index (χ4n) is 3.08. The highest BCUT2D eigenvalue weighted by Gasteiger charge is 2.15. The molecule has 114 valence electrons. The SMILES string of the molecule is CCn1c(=O)cc(C2=CCN(C)CC2)c2cc(C=O)ccc21. The molecule has 4 heteroatoms. The van der Waals surface area contributed by atoms with E-state index >= 15 is 0 Å². The molecule has 0 N–H and O–H groups in total. The quantitative estimate of drug-likeness (QED) is 0.818. The van der Waals surface area contributed by atoms with Crippen LogP contribution in [0.1, 0.15) is 29.3 Å². The van der Waals surface area contributed by atoms with Gasteiger partial charge in [0.05, 0.1) is 5.52 Å². The number of pyridine rings is 1. The molecule has 1 aliphatic rings. The van der Waals surface area contributed by atoms with Crippen LogP contribution in [0.2, 0.25) is 0 Å². The van der Waals surface area contributed by atoms with E-state index in [0.717, 1.165) is 42.3 Å². The number of carbonyl (C=O) groups excluding carboxylic acids is 1. The Morgan fingerprint density at radius 1 is 1.27 bits per heavy atom. The molecule has 22 heavy (non-hydrogen) atoms. The molecule has 0 saturated heterocycles. The first-order valence-electron chi connectivity index (χ1n) is 7.64. The highest BCUT2D eigenvalue weighted by molar-refractivity contribution is 5.95. The van der Waals surface area contributed by atoms with Crippen molar-refractivity contribution in [3.05, 3.63) is 51.8 Å². The molecule has 1 aromatic heterocycles. The highest BCUT2D eigenvalue weighted by Crippen LogP contribution is 2.28. The van der Waals surface area contributed by atoms with Crippen LogP contribution in [0, 0.1) is 0 Å². The summed E-state index contributed by atoms with van der Waals surface area (Å²) in [6.45, 7) is 4.46. The maximum Gasteiger partial charge on any atom is 0.251 e. The summed E-state index contributed by atoms with van der Waals surface area (Å²) in [6, 6.07) is 7.26. The first-order chi connectivity index (χ1) is 10.6. The van der Waals surface area contributed by atoms with Gasteiger partial charge in [0.25, 0.3) is 5.56 Å². The summed E-state index contributed by atoms with van der Waals surface area (Å²) < 4.78 is 1.75. The zero-order valence-corrected chi connectivity index (χ0v) is 13.0. The Kier molecular flexibility index (Phi) is 3.94. The lowest BCUT2D eigenvalue weighted by Gasteiger charge is -2.23. The van der Waals surface area contributed by atoms with E-state index in [1.807, 2.05) is 19.1 Å². The van der Waals surface area contributed by atoms with E-state index in [0.29, 0.717) is 12.1 Å². The van der Waals surface area contributed by atoms with Gasteiger partial charge in [0, 0.05) is 36.7 Å². The molecule has 0 radical (unpaired) electrons. The van der Waals surface area contributed by atoms with Crippen LogP contribution in [0.15, 0.2) is 35.1 Å². The van der Waals surface area contributed by atoms with Gasteiger partial charge in [-0.15, -0.1) is 0 Å². The van der Waals surface area contributed by atoms with Gasteiger partial charge in [-0.2, -0.15) is 0 Å². The number of likely N-dealkylation sites (N-methyl/N-ethyl adjacent to an activating group) is 1. The van der Waals surface area contributed by atoms with Gasteiger partial charge in [-0.25, -0.2) is 0 Å². The highest BCUT2D eigenvalue weighted by atomic mass is 16.1. The van der Waals surface area contributed by atoms with Crippen molar-refractivity contribution in [3.63, 3.8) is 0 Å². The van der Waals surface area contributed by atoms with Crippen molar-refractivity contribution < 1.29 is 4.79 Å². The summed E-state index contributed by atoms with van der Waals surface area (Å²) in [4.78, 5) is 25.8. The number of rotatable bonds is 3. The number of carbonyl (C=O) groups is 1. The molecule has 2 heterocycles. The smallest absolute Gasteiger partial charge is 0.251 e. The minimum Gasteiger partial charge on any atom is -0.309 e. The molecule has 3 rings (SSSR count). The van der Waals surface area contributed by atoms with Crippen molar-refractivity contribution in [2.45, 2.75) is 19.9 Å². The molecule has 0 amide bonds. The van der Waals surface area contributed by atoms with Gasteiger partial charge >= 0.3 is 0 Å². The zero-order chi connectivity index (χ0) is 15.7. The largest absolute Gasteiger partial charge is 0.309 e. The maximum atomic E-state index is 12.4. The van der Waals surface area contributed by atoms with Crippen molar-refractivity contribution in [2.24, 2.45) is 0 Å². The molecule has 0 unspecified atom stereocenters. The average molecular weight is 296 g/mol. The molecule has 0 atom stereocenters. The van der Waals surface area contributed by atoms with Crippen LogP contribution < -0.4 is 5.56 Å². The zero-order valence-electron chi connectivity index (χ0n) is 13.0. The van der Waals surface area contributed by atoms with Crippen molar-refractivity contribution in [3.8, 4) is 0 Å². The Balaban J connectivity index is 2.29. The van der Waals surface area contributed by atoms with E-state index in [1.54, 1.807) is 16.7 Å². The normalized spacial score (nSPS) is 15.8. The first-order valence-corrected chi connectivity index (χ1v) is 7.64. The topological polar surface area (TPSA) is 42.3 Å². The Morgan fingerprint density at radius 3 is 2.73 bits per heavy atom. The second-order valence-electron chi connectivity index (χ2n) is 5.78. The second-order valence-corrected chi connectivity index (χ2v) is 5.78. The van der Waals surface area contributed by atoms with E-state index in [4.69, 9.17) is 0 Å². The van der Waals surface area contributed by atoms with Crippen molar-refractivity contribution in [1.82, 2.24) is 9.47 Å². The average Bonchev–Trinajstić information content (AvgIpc) is 2.54. The molecule has 1 aromatic carbocycles. The minimum absolute atomic E-state index is 0.0173. The molecule has 0 bridgehead atoms. The lowest BCUT2D eigenvalue weighted by atomic mass is 9.95. The number of nitrogens with zero attached hydrogens (tertiary/aromatic N) is 2. The molecule has 2 aromatic rings. The lowest BCUT2D eigenvalue weighted by molar-refractivity contribution is 0.112. The van der Waals surface area contributed by atoms with E-state index < -0.39 is 0 Å². The summed E-state index contributed by atoms with van der Waals surface area (Å²) in [5.74, 6) is 0. The summed E-state index contributed by atoms with van der Waals surface area (Å²) in [5, 5.41) is 0.988. The lowest BCUT2D eigenvalue weighted by Crippen LogP contribution is -2.25. The maximum absolute atomic E-state index is 12.4. The van der Waals surface area contributed by atoms with Gasteiger partial charge < -0.3 is 9.47 Å². The molecule has 0 saturated carbocycles. The van der Waals surface area contributed by atoms with Crippen molar-refractivity contribution in [2.75, 3.05) is 20.1 Å². The third-order valence-corrected chi connectivity index (χ3v) is 4.35. The minimum atomic E-state index is 0.0173. The standard InChI is InChI=1S/C18H20N2O2/c1-3-20-17-5-4-13(12-21)10-16(17)15(11-18(20)22)14-6-8-19(2)9-7-14/h4-6,10-12H,3,7-9H2,1-2H3. The molecule has 0 fully saturated rings. The molecule has 0 aliphatic carbocycles. The first kappa shape index (κ1) is 14.7.